The van der Waals surface area contributed by atoms with Gasteiger partial charge in [0, 0.05) is 11.4 Å². The van der Waals surface area contributed by atoms with Gasteiger partial charge < -0.3 is 0 Å². The van der Waals surface area contributed by atoms with Crippen LogP contribution >= 0.6 is 0 Å². The van der Waals surface area contributed by atoms with Crippen molar-refractivity contribution in [1.29, 1.82) is 0 Å². The molecule has 0 aliphatic carbocycles. The minimum absolute atomic E-state index is 0.931. The fourth-order valence-corrected chi connectivity index (χ4v) is 0.969. The Balaban J connectivity index is 3.60. The Morgan fingerprint density at radius 3 is 2.83 bits per heavy atom. The lowest BCUT2D eigenvalue weighted by Crippen LogP contribution is -2.29. The van der Waals surface area contributed by atoms with Crippen molar-refractivity contribution in [1.82, 2.24) is 9.97 Å². The van der Waals surface area contributed by atoms with E-state index in [1.54, 1.807) is 12.4 Å². The van der Waals surface area contributed by atoms with E-state index in [0.717, 1.165) is 10.6 Å². The second-order valence-corrected chi connectivity index (χ2v) is 2.72. The highest BCUT2D eigenvalue weighted by Gasteiger charge is 1.86. The minimum Gasteiger partial charge on any atom is -0.244 e. The maximum absolute atomic E-state index is 4.13. The molecule has 0 bridgehead atoms. The van der Waals surface area contributed by atoms with E-state index < -0.39 is 0 Å². The first-order valence-electron chi connectivity index (χ1n) is 3.82. The Hall–Kier alpha value is -1.44. The van der Waals surface area contributed by atoms with Crippen molar-refractivity contribution >= 4 is 11.6 Å². The summed E-state index contributed by atoms with van der Waals surface area (Å²) in [7, 11) is 0. The molecule has 2 heteroatoms. The van der Waals surface area contributed by atoms with E-state index >= 15 is 0 Å². The Labute approximate surface area is 72.0 Å². The second kappa shape index (κ2) is 3.81. The zero-order valence-electron chi connectivity index (χ0n) is 7.41. The van der Waals surface area contributed by atoms with Crippen LogP contribution in [0.25, 0.3) is 11.6 Å². The van der Waals surface area contributed by atoms with E-state index in [-0.39, 0.29) is 0 Å². The zero-order valence-corrected chi connectivity index (χ0v) is 7.41. The highest BCUT2D eigenvalue weighted by Crippen LogP contribution is 1.80. The lowest BCUT2D eigenvalue weighted by molar-refractivity contribution is 1.09. The van der Waals surface area contributed by atoms with Crippen molar-refractivity contribution in [3.8, 4) is 0 Å². The molecule has 0 amide bonds. The number of hydrogen-bond acceptors (Lipinski definition) is 2. The van der Waals surface area contributed by atoms with Crippen LogP contribution in [0.15, 0.2) is 25.2 Å². The second-order valence-electron chi connectivity index (χ2n) is 2.72. The number of allylic oxidation sites excluding steroid dienone is 1. The van der Waals surface area contributed by atoms with Gasteiger partial charge in [-0.25, -0.2) is 9.97 Å². The third-order valence-electron chi connectivity index (χ3n) is 1.56. The fraction of sp³-hybridized carbons (Fsp3) is 0.200. The van der Waals surface area contributed by atoms with E-state index in [0.29, 0.717) is 0 Å². The summed E-state index contributed by atoms with van der Waals surface area (Å²) in [6.07, 6.45) is 6.97. The molecule has 0 aliphatic rings. The third-order valence-corrected chi connectivity index (χ3v) is 1.56. The predicted molar refractivity (Wildman–Crippen MR) is 50.7 cm³/mol. The van der Waals surface area contributed by atoms with E-state index in [9.17, 15) is 0 Å². The number of rotatable bonds is 1. The van der Waals surface area contributed by atoms with Crippen molar-refractivity contribution < 1.29 is 0 Å². The zero-order chi connectivity index (χ0) is 8.97. The summed E-state index contributed by atoms with van der Waals surface area (Å²) in [6, 6.07) is 0. The van der Waals surface area contributed by atoms with E-state index in [4.69, 9.17) is 0 Å². The SMILES string of the molecule is C=C/C=c1/ncncc1=C(C)C. The summed E-state index contributed by atoms with van der Waals surface area (Å²) in [6.45, 7) is 7.71. The number of nitrogens with zero attached hydrogens (tertiary/aromatic N) is 2. The highest BCUT2D eigenvalue weighted by atomic mass is 14.8. The molecule has 0 unspecified atom stereocenters. The summed E-state index contributed by atoms with van der Waals surface area (Å²) in [5.74, 6) is 0. The van der Waals surface area contributed by atoms with Crippen LogP contribution in [0, 0.1) is 0 Å². The molecule has 12 heavy (non-hydrogen) atoms. The monoisotopic (exact) mass is 160 g/mol. The first kappa shape index (κ1) is 8.65. The van der Waals surface area contributed by atoms with Crippen molar-refractivity contribution in [3.63, 3.8) is 0 Å². The third kappa shape index (κ3) is 1.78. The topological polar surface area (TPSA) is 25.8 Å². The Bertz CT molecular complexity index is 387. The minimum atomic E-state index is 0.931. The quantitative estimate of drug-likeness (QED) is 0.602. The van der Waals surface area contributed by atoms with Crippen LogP contribution in [-0.4, -0.2) is 9.97 Å². The van der Waals surface area contributed by atoms with Gasteiger partial charge in [-0.1, -0.05) is 18.2 Å². The van der Waals surface area contributed by atoms with Gasteiger partial charge in [0.1, 0.15) is 6.33 Å². The average Bonchev–Trinajstić information content (AvgIpc) is 2.05. The molecule has 62 valence electrons. The van der Waals surface area contributed by atoms with Gasteiger partial charge in [-0.3, -0.25) is 0 Å². The molecule has 1 aromatic heterocycles. The molecule has 0 aromatic carbocycles. The van der Waals surface area contributed by atoms with Crippen LogP contribution < -0.4 is 10.6 Å². The highest BCUT2D eigenvalue weighted by molar-refractivity contribution is 5.41. The van der Waals surface area contributed by atoms with Gasteiger partial charge in [-0.05, 0) is 19.9 Å². The maximum Gasteiger partial charge on any atom is 0.116 e. The van der Waals surface area contributed by atoms with Gasteiger partial charge in [0.15, 0.2) is 0 Å². The molecule has 0 fully saturated rings. The Morgan fingerprint density at radius 1 is 1.50 bits per heavy atom. The van der Waals surface area contributed by atoms with E-state index in [1.165, 1.54) is 5.57 Å². The molecule has 1 aromatic rings. The van der Waals surface area contributed by atoms with Crippen LogP contribution in [0.1, 0.15) is 13.8 Å². The molecular weight excluding hydrogens is 148 g/mol. The van der Waals surface area contributed by atoms with Crippen LogP contribution in [0.5, 0.6) is 0 Å². The molecule has 1 heterocycles. The molecule has 0 N–H and O–H groups in total. The lowest BCUT2D eigenvalue weighted by Gasteiger charge is -1.90. The number of hydrogen-bond donors (Lipinski definition) is 0. The van der Waals surface area contributed by atoms with Crippen LogP contribution in [0.4, 0.5) is 0 Å². The first-order valence-corrected chi connectivity index (χ1v) is 3.82. The predicted octanol–water partition coefficient (Wildman–Crippen LogP) is 0.634. The molecule has 0 aliphatic heterocycles. The lowest BCUT2D eigenvalue weighted by atomic mass is 10.2. The molecule has 1 rings (SSSR count). The summed E-state index contributed by atoms with van der Waals surface area (Å²) >= 11 is 0. The van der Waals surface area contributed by atoms with Crippen molar-refractivity contribution in [2.24, 2.45) is 0 Å². The molecule has 0 saturated carbocycles. The summed E-state index contributed by atoms with van der Waals surface area (Å²) in [5, 5.41) is 2.01. The normalized spacial score (nSPS) is 11.3. The largest absolute Gasteiger partial charge is 0.244 e. The van der Waals surface area contributed by atoms with Crippen molar-refractivity contribution in [2.45, 2.75) is 13.8 Å². The molecule has 0 atom stereocenters. The summed E-state index contributed by atoms with van der Waals surface area (Å²) in [4.78, 5) is 8.09. The fourth-order valence-electron chi connectivity index (χ4n) is 0.969. The molecule has 0 saturated heterocycles. The summed E-state index contributed by atoms with van der Waals surface area (Å²) in [5.41, 5.74) is 1.21. The van der Waals surface area contributed by atoms with Crippen LogP contribution in [0.3, 0.4) is 0 Å². The maximum atomic E-state index is 4.13. The van der Waals surface area contributed by atoms with Crippen LogP contribution in [0.2, 0.25) is 0 Å². The average molecular weight is 160 g/mol. The van der Waals surface area contributed by atoms with Gasteiger partial charge in [-0.15, -0.1) is 0 Å². The van der Waals surface area contributed by atoms with Gasteiger partial charge in [0.2, 0.25) is 0 Å². The Morgan fingerprint density at radius 2 is 2.25 bits per heavy atom. The van der Waals surface area contributed by atoms with Gasteiger partial charge in [0.25, 0.3) is 0 Å². The van der Waals surface area contributed by atoms with Gasteiger partial charge in [-0.2, -0.15) is 0 Å². The van der Waals surface area contributed by atoms with Crippen molar-refractivity contribution in [2.75, 3.05) is 0 Å². The molecular formula is C10H12N2. The van der Waals surface area contributed by atoms with Gasteiger partial charge >= 0.3 is 0 Å². The van der Waals surface area contributed by atoms with Gasteiger partial charge in [0.05, 0.1) is 5.35 Å². The van der Waals surface area contributed by atoms with Crippen LogP contribution in [-0.2, 0) is 0 Å². The Kier molecular flexibility index (Phi) is 2.75. The molecule has 0 radical (unpaired) electrons. The van der Waals surface area contributed by atoms with E-state index in [2.05, 4.69) is 16.5 Å². The smallest absolute Gasteiger partial charge is 0.116 e. The number of aromatic nitrogens is 2. The summed E-state index contributed by atoms with van der Waals surface area (Å²) < 4.78 is 0. The molecule has 0 spiro atoms. The van der Waals surface area contributed by atoms with E-state index in [1.807, 2.05) is 26.1 Å². The molecule has 2 nitrogen and oxygen atoms in total. The standard InChI is InChI=1S/C10H12N2/c1-4-5-10-9(8(2)3)6-11-7-12-10/h4-7H,1H2,2-3H3/b10-5+. The first-order chi connectivity index (χ1) is 5.75. The van der Waals surface area contributed by atoms with Crippen molar-refractivity contribution in [3.05, 3.63) is 35.7 Å².